The number of benzene rings is 1. The summed E-state index contributed by atoms with van der Waals surface area (Å²) in [6.07, 6.45) is 0.803. The van der Waals surface area contributed by atoms with E-state index in [0.29, 0.717) is 43.0 Å². The van der Waals surface area contributed by atoms with Gasteiger partial charge in [-0.05, 0) is 17.7 Å². The Morgan fingerprint density at radius 1 is 1.11 bits per heavy atom. The van der Waals surface area contributed by atoms with Gasteiger partial charge in [0.05, 0.1) is 22.4 Å². The van der Waals surface area contributed by atoms with Crippen LogP contribution in [0.2, 0.25) is 0 Å². The van der Waals surface area contributed by atoms with Gasteiger partial charge in [0, 0.05) is 38.4 Å². The van der Waals surface area contributed by atoms with Crippen molar-refractivity contribution in [2.75, 3.05) is 6.54 Å². The molecule has 0 fully saturated rings. The number of nitrogens with one attached hydrogen (secondary N) is 1. The number of rotatable bonds is 3. The molecular weight excluding hydrogens is 371 g/mol. The number of hydrogen-bond acceptors (Lipinski definition) is 5. The first kappa shape index (κ1) is 18.3. The maximum absolute atomic E-state index is 12.7. The summed E-state index contributed by atoms with van der Waals surface area (Å²) in [4.78, 5) is 29.7. The molecule has 0 aliphatic carbocycles. The van der Waals surface area contributed by atoms with Crippen molar-refractivity contribution in [2.45, 2.75) is 25.7 Å². The van der Waals surface area contributed by atoms with Gasteiger partial charge in [-0.15, -0.1) is 0 Å². The van der Waals surface area contributed by atoms with E-state index in [2.05, 4.69) is 19.9 Å². The van der Waals surface area contributed by atoms with Gasteiger partial charge in [-0.25, -0.2) is 15.0 Å². The lowest BCUT2D eigenvalue weighted by atomic mass is 10.0. The Morgan fingerprint density at radius 3 is 2.50 bits per heavy atom. The summed E-state index contributed by atoms with van der Waals surface area (Å²) in [6.45, 7) is 1.52. The van der Waals surface area contributed by atoms with Crippen LogP contribution in [-0.2, 0) is 25.7 Å². The summed E-state index contributed by atoms with van der Waals surface area (Å²) >= 11 is 0. The van der Waals surface area contributed by atoms with E-state index in [1.165, 1.54) is 18.5 Å². The van der Waals surface area contributed by atoms with Crippen molar-refractivity contribution in [1.29, 1.82) is 0 Å². The third kappa shape index (κ3) is 3.79. The molecule has 2 aromatic heterocycles. The fraction of sp³-hybridized carbons (Fsp3) is 0.263. The zero-order valence-corrected chi connectivity index (χ0v) is 14.7. The summed E-state index contributed by atoms with van der Waals surface area (Å²) in [5.74, 6) is 0.431. The lowest BCUT2D eigenvalue weighted by Crippen LogP contribution is -2.35. The summed E-state index contributed by atoms with van der Waals surface area (Å²) in [6, 6.07) is 5.10. The van der Waals surface area contributed by atoms with E-state index in [9.17, 15) is 18.0 Å². The van der Waals surface area contributed by atoms with Crippen LogP contribution in [0.5, 0.6) is 0 Å². The fourth-order valence-corrected chi connectivity index (χ4v) is 3.23. The predicted molar refractivity (Wildman–Crippen MR) is 95.1 cm³/mol. The van der Waals surface area contributed by atoms with Crippen molar-refractivity contribution in [3.63, 3.8) is 0 Å². The Bertz CT molecular complexity index is 1030. The van der Waals surface area contributed by atoms with Crippen LogP contribution in [0, 0.1) is 0 Å². The normalized spacial score (nSPS) is 14.7. The van der Waals surface area contributed by atoms with Crippen molar-refractivity contribution < 1.29 is 13.2 Å². The highest BCUT2D eigenvalue weighted by Crippen LogP contribution is 2.29. The molecule has 3 aromatic rings. The first-order valence-corrected chi connectivity index (χ1v) is 8.66. The SMILES string of the molecule is O=c1[nH]c(-c2cncnc2)nc2c1CN(Cc1ccc(C(F)(F)F)cc1)CC2. The van der Waals surface area contributed by atoms with Crippen LogP contribution in [0.1, 0.15) is 22.4 Å². The third-order valence-electron chi connectivity index (χ3n) is 4.67. The molecule has 0 amide bonds. The monoisotopic (exact) mass is 387 g/mol. The molecule has 1 aliphatic rings. The largest absolute Gasteiger partial charge is 0.416 e. The van der Waals surface area contributed by atoms with E-state index in [0.717, 1.165) is 23.4 Å². The Labute approximate surface area is 158 Å². The highest BCUT2D eigenvalue weighted by molar-refractivity contribution is 5.52. The lowest BCUT2D eigenvalue weighted by Gasteiger charge is -2.27. The quantitative estimate of drug-likeness (QED) is 0.748. The summed E-state index contributed by atoms with van der Waals surface area (Å²) in [5, 5.41) is 0. The second-order valence-corrected chi connectivity index (χ2v) is 6.62. The van der Waals surface area contributed by atoms with Gasteiger partial charge >= 0.3 is 6.18 Å². The van der Waals surface area contributed by atoms with Crippen LogP contribution in [0.4, 0.5) is 13.2 Å². The Balaban J connectivity index is 1.51. The Morgan fingerprint density at radius 2 is 1.82 bits per heavy atom. The summed E-state index contributed by atoms with van der Waals surface area (Å²) in [5.41, 5.74) is 1.82. The molecule has 1 aromatic carbocycles. The number of fused-ring (bicyclic) bond motifs is 1. The molecule has 0 saturated heterocycles. The molecular formula is C19H16F3N5O. The number of nitrogens with zero attached hydrogens (tertiary/aromatic N) is 4. The molecule has 0 saturated carbocycles. The average molecular weight is 387 g/mol. The van der Waals surface area contributed by atoms with Gasteiger partial charge in [0.25, 0.3) is 5.56 Å². The molecule has 0 spiro atoms. The van der Waals surface area contributed by atoms with E-state index in [1.54, 1.807) is 12.4 Å². The highest BCUT2D eigenvalue weighted by Gasteiger charge is 2.30. The summed E-state index contributed by atoms with van der Waals surface area (Å²) in [7, 11) is 0. The van der Waals surface area contributed by atoms with Gasteiger partial charge in [0.1, 0.15) is 12.2 Å². The van der Waals surface area contributed by atoms with Gasteiger partial charge in [-0.2, -0.15) is 13.2 Å². The van der Waals surface area contributed by atoms with Gasteiger partial charge in [0.2, 0.25) is 0 Å². The zero-order chi connectivity index (χ0) is 19.7. The second-order valence-electron chi connectivity index (χ2n) is 6.62. The number of aromatic nitrogens is 4. The first-order chi connectivity index (χ1) is 13.4. The van der Waals surface area contributed by atoms with E-state index < -0.39 is 11.7 Å². The zero-order valence-electron chi connectivity index (χ0n) is 14.7. The van der Waals surface area contributed by atoms with Gasteiger partial charge < -0.3 is 4.98 Å². The molecule has 28 heavy (non-hydrogen) atoms. The van der Waals surface area contributed by atoms with E-state index in [4.69, 9.17) is 0 Å². The highest BCUT2D eigenvalue weighted by atomic mass is 19.4. The maximum Gasteiger partial charge on any atom is 0.416 e. The maximum atomic E-state index is 12.7. The van der Waals surface area contributed by atoms with Crippen molar-refractivity contribution >= 4 is 0 Å². The molecule has 6 nitrogen and oxygen atoms in total. The average Bonchev–Trinajstić information content (AvgIpc) is 2.69. The molecule has 0 radical (unpaired) electrons. The van der Waals surface area contributed by atoms with E-state index >= 15 is 0 Å². The van der Waals surface area contributed by atoms with Crippen LogP contribution in [0.3, 0.4) is 0 Å². The topological polar surface area (TPSA) is 74.8 Å². The van der Waals surface area contributed by atoms with Crippen molar-refractivity contribution in [3.05, 3.63) is 75.7 Å². The summed E-state index contributed by atoms with van der Waals surface area (Å²) < 4.78 is 38.0. The van der Waals surface area contributed by atoms with Crippen molar-refractivity contribution in [2.24, 2.45) is 0 Å². The standard InChI is InChI=1S/C19H16F3N5O/c20-19(21,22)14-3-1-12(2-4-14)9-27-6-5-16-15(10-27)18(28)26-17(25-16)13-7-23-11-24-8-13/h1-4,7-8,11H,5-6,9-10H2,(H,25,26,28). The fourth-order valence-electron chi connectivity index (χ4n) is 3.23. The minimum atomic E-state index is -4.34. The molecule has 4 rings (SSSR count). The van der Waals surface area contributed by atoms with E-state index in [1.807, 2.05) is 4.90 Å². The van der Waals surface area contributed by atoms with Crippen molar-refractivity contribution in [3.8, 4) is 11.4 Å². The molecule has 9 heteroatoms. The molecule has 1 N–H and O–H groups in total. The third-order valence-corrected chi connectivity index (χ3v) is 4.67. The number of hydrogen-bond donors (Lipinski definition) is 1. The molecule has 0 unspecified atom stereocenters. The molecule has 0 bridgehead atoms. The van der Waals surface area contributed by atoms with Crippen LogP contribution >= 0.6 is 0 Å². The van der Waals surface area contributed by atoms with Crippen molar-refractivity contribution in [1.82, 2.24) is 24.8 Å². The minimum absolute atomic E-state index is 0.221. The van der Waals surface area contributed by atoms with Crippen LogP contribution in [-0.4, -0.2) is 31.4 Å². The smallest absolute Gasteiger partial charge is 0.306 e. The van der Waals surface area contributed by atoms with Crippen LogP contribution in [0.25, 0.3) is 11.4 Å². The first-order valence-electron chi connectivity index (χ1n) is 8.66. The van der Waals surface area contributed by atoms with Gasteiger partial charge in [0.15, 0.2) is 0 Å². The van der Waals surface area contributed by atoms with Crippen LogP contribution in [0.15, 0.2) is 47.8 Å². The number of halogens is 3. The number of aromatic amines is 1. The Hall–Kier alpha value is -3.07. The van der Waals surface area contributed by atoms with E-state index in [-0.39, 0.29) is 5.56 Å². The number of alkyl halides is 3. The van der Waals surface area contributed by atoms with Gasteiger partial charge in [-0.1, -0.05) is 12.1 Å². The second kappa shape index (κ2) is 7.16. The molecule has 3 heterocycles. The number of H-pyrrole nitrogens is 1. The predicted octanol–water partition coefficient (Wildman–Crippen LogP) is 2.80. The lowest BCUT2D eigenvalue weighted by molar-refractivity contribution is -0.137. The minimum Gasteiger partial charge on any atom is -0.306 e. The molecule has 1 aliphatic heterocycles. The van der Waals surface area contributed by atoms with Gasteiger partial charge in [-0.3, -0.25) is 9.69 Å². The molecule has 144 valence electrons. The van der Waals surface area contributed by atoms with Crippen LogP contribution < -0.4 is 5.56 Å². The molecule has 0 atom stereocenters. The Kier molecular flexibility index (Phi) is 4.68.